The summed E-state index contributed by atoms with van der Waals surface area (Å²) in [6.07, 6.45) is 5.93. The highest BCUT2D eigenvalue weighted by Crippen LogP contribution is 2.31. The lowest BCUT2D eigenvalue weighted by molar-refractivity contribution is 0.254. The third kappa shape index (κ3) is 2.69. The van der Waals surface area contributed by atoms with Crippen LogP contribution in [0, 0.1) is 0 Å². The zero-order valence-corrected chi connectivity index (χ0v) is 11.2. The standard InChI is InChI=1S/C11H17BrN4O/c12-9-10(13)14-7-15-11(9)16-5-3-1-2-4-8(16)6-17/h7-8,17H,1-6H2,(H2,13,14,15). The maximum Gasteiger partial charge on any atom is 0.148 e. The molecule has 0 amide bonds. The van der Waals surface area contributed by atoms with Crippen molar-refractivity contribution in [2.75, 3.05) is 23.8 Å². The lowest BCUT2D eigenvalue weighted by Crippen LogP contribution is -2.38. The zero-order chi connectivity index (χ0) is 12.3. The Kier molecular flexibility index (Phi) is 4.17. The molecule has 2 rings (SSSR count). The van der Waals surface area contributed by atoms with Crippen LogP contribution in [-0.4, -0.2) is 34.3 Å². The first kappa shape index (κ1) is 12.6. The second kappa shape index (κ2) is 5.64. The summed E-state index contributed by atoms with van der Waals surface area (Å²) >= 11 is 3.42. The van der Waals surface area contributed by atoms with E-state index < -0.39 is 0 Å². The van der Waals surface area contributed by atoms with Crippen LogP contribution in [-0.2, 0) is 0 Å². The van der Waals surface area contributed by atoms with E-state index in [0.717, 1.165) is 36.1 Å². The number of rotatable bonds is 2. The van der Waals surface area contributed by atoms with Gasteiger partial charge in [0.05, 0.1) is 12.6 Å². The predicted octanol–water partition coefficient (Wildman–Crippen LogP) is 1.56. The van der Waals surface area contributed by atoms with E-state index in [1.165, 1.54) is 12.7 Å². The molecule has 3 N–H and O–H groups in total. The van der Waals surface area contributed by atoms with Crippen molar-refractivity contribution in [1.82, 2.24) is 9.97 Å². The number of aliphatic hydroxyl groups excluding tert-OH is 1. The molecule has 17 heavy (non-hydrogen) atoms. The first-order valence-electron chi connectivity index (χ1n) is 5.87. The summed E-state index contributed by atoms with van der Waals surface area (Å²) < 4.78 is 0.723. The number of aromatic nitrogens is 2. The second-order valence-corrected chi connectivity index (χ2v) is 5.07. The lowest BCUT2D eigenvalue weighted by Gasteiger charge is -2.30. The van der Waals surface area contributed by atoms with Gasteiger partial charge in [0.25, 0.3) is 0 Å². The Morgan fingerprint density at radius 2 is 2.24 bits per heavy atom. The Labute approximate surface area is 109 Å². The molecule has 0 aliphatic carbocycles. The molecule has 1 aromatic rings. The van der Waals surface area contributed by atoms with Gasteiger partial charge in [-0.1, -0.05) is 12.8 Å². The van der Waals surface area contributed by atoms with Crippen LogP contribution in [0.5, 0.6) is 0 Å². The summed E-state index contributed by atoms with van der Waals surface area (Å²) in [7, 11) is 0. The molecule has 0 spiro atoms. The van der Waals surface area contributed by atoms with E-state index in [4.69, 9.17) is 5.73 Å². The Morgan fingerprint density at radius 1 is 1.41 bits per heavy atom. The summed E-state index contributed by atoms with van der Waals surface area (Å²) in [5, 5.41) is 9.48. The molecule has 94 valence electrons. The first-order valence-corrected chi connectivity index (χ1v) is 6.67. The molecule has 0 saturated carbocycles. The van der Waals surface area contributed by atoms with Crippen LogP contribution in [0.2, 0.25) is 0 Å². The fourth-order valence-electron chi connectivity index (χ4n) is 2.22. The highest BCUT2D eigenvalue weighted by atomic mass is 79.9. The fraction of sp³-hybridized carbons (Fsp3) is 0.636. The van der Waals surface area contributed by atoms with Crippen LogP contribution in [0.25, 0.3) is 0 Å². The molecule has 1 atom stereocenters. The molecule has 0 aromatic carbocycles. The lowest BCUT2D eigenvalue weighted by atomic mass is 10.1. The van der Waals surface area contributed by atoms with Crippen LogP contribution in [0.15, 0.2) is 10.8 Å². The summed E-state index contributed by atoms with van der Waals surface area (Å²) in [5.41, 5.74) is 5.77. The maximum atomic E-state index is 9.48. The van der Waals surface area contributed by atoms with Gasteiger partial charge in [0.1, 0.15) is 22.4 Å². The van der Waals surface area contributed by atoms with Crippen molar-refractivity contribution >= 4 is 27.6 Å². The van der Waals surface area contributed by atoms with Gasteiger partial charge in [-0.15, -0.1) is 0 Å². The van der Waals surface area contributed by atoms with Gasteiger partial charge in [-0.25, -0.2) is 9.97 Å². The minimum atomic E-state index is 0.128. The van der Waals surface area contributed by atoms with Crippen molar-refractivity contribution in [2.45, 2.75) is 31.7 Å². The summed E-state index contributed by atoms with van der Waals surface area (Å²) in [6, 6.07) is 0.128. The molecule has 1 fully saturated rings. The van der Waals surface area contributed by atoms with Gasteiger partial charge in [0.15, 0.2) is 0 Å². The van der Waals surface area contributed by atoms with Crippen molar-refractivity contribution < 1.29 is 5.11 Å². The van der Waals surface area contributed by atoms with E-state index in [0.29, 0.717) is 5.82 Å². The minimum Gasteiger partial charge on any atom is -0.394 e. The van der Waals surface area contributed by atoms with Gasteiger partial charge in [-0.3, -0.25) is 0 Å². The molecule has 6 heteroatoms. The topological polar surface area (TPSA) is 75.3 Å². The van der Waals surface area contributed by atoms with Gasteiger partial charge in [-0.05, 0) is 28.8 Å². The molecule has 2 heterocycles. The largest absolute Gasteiger partial charge is 0.394 e. The van der Waals surface area contributed by atoms with Crippen molar-refractivity contribution in [3.8, 4) is 0 Å². The molecule has 1 unspecified atom stereocenters. The Bertz CT molecular complexity index is 388. The molecule has 5 nitrogen and oxygen atoms in total. The van der Waals surface area contributed by atoms with E-state index in [1.807, 2.05) is 0 Å². The normalized spacial score (nSPS) is 21.3. The molecular formula is C11H17BrN4O. The quantitative estimate of drug-likeness (QED) is 0.867. The summed E-state index contributed by atoms with van der Waals surface area (Å²) in [5.74, 6) is 1.23. The molecule has 0 bridgehead atoms. The van der Waals surface area contributed by atoms with Gasteiger partial charge in [0.2, 0.25) is 0 Å². The smallest absolute Gasteiger partial charge is 0.148 e. The monoisotopic (exact) mass is 300 g/mol. The van der Waals surface area contributed by atoms with Crippen molar-refractivity contribution in [3.05, 3.63) is 10.8 Å². The van der Waals surface area contributed by atoms with Crippen LogP contribution < -0.4 is 10.6 Å². The van der Waals surface area contributed by atoms with Gasteiger partial charge >= 0.3 is 0 Å². The SMILES string of the molecule is Nc1ncnc(N2CCCCCC2CO)c1Br. The Hall–Kier alpha value is -0.880. The summed E-state index contributed by atoms with van der Waals surface area (Å²) in [4.78, 5) is 10.4. The number of hydrogen-bond donors (Lipinski definition) is 2. The molecule has 1 aliphatic rings. The number of anilines is 2. The number of halogens is 1. The highest BCUT2D eigenvalue weighted by Gasteiger charge is 2.24. The molecule has 0 radical (unpaired) electrons. The van der Waals surface area contributed by atoms with Crippen LogP contribution in [0.1, 0.15) is 25.7 Å². The fourth-order valence-corrected chi connectivity index (χ4v) is 2.65. The Balaban J connectivity index is 2.31. The van der Waals surface area contributed by atoms with Crippen LogP contribution in [0.3, 0.4) is 0 Å². The third-order valence-corrected chi connectivity index (χ3v) is 3.92. The van der Waals surface area contributed by atoms with E-state index in [2.05, 4.69) is 30.8 Å². The maximum absolute atomic E-state index is 9.48. The summed E-state index contributed by atoms with van der Waals surface area (Å²) in [6.45, 7) is 1.05. The average Bonchev–Trinajstić information content (AvgIpc) is 2.57. The van der Waals surface area contributed by atoms with Crippen molar-refractivity contribution in [2.24, 2.45) is 0 Å². The van der Waals surface area contributed by atoms with Crippen LogP contribution >= 0.6 is 15.9 Å². The average molecular weight is 301 g/mol. The Morgan fingerprint density at radius 3 is 3.00 bits per heavy atom. The number of nitrogen functional groups attached to an aromatic ring is 1. The predicted molar refractivity (Wildman–Crippen MR) is 70.8 cm³/mol. The second-order valence-electron chi connectivity index (χ2n) is 4.28. The zero-order valence-electron chi connectivity index (χ0n) is 9.64. The van der Waals surface area contributed by atoms with Crippen molar-refractivity contribution in [1.29, 1.82) is 0 Å². The number of nitrogens with zero attached hydrogens (tertiary/aromatic N) is 3. The molecule has 1 aromatic heterocycles. The number of nitrogens with two attached hydrogens (primary N) is 1. The van der Waals surface area contributed by atoms with Crippen molar-refractivity contribution in [3.63, 3.8) is 0 Å². The highest BCUT2D eigenvalue weighted by molar-refractivity contribution is 9.10. The van der Waals surface area contributed by atoms with Gasteiger partial charge in [0, 0.05) is 6.54 Å². The van der Waals surface area contributed by atoms with Gasteiger partial charge < -0.3 is 15.7 Å². The minimum absolute atomic E-state index is 0.128. The molecule has 1 saturated heterocycles. The van der Waals surface area contributed by atoms with E-state index >= 15 is 0 Å². The number of aliphatic hydroxyl groups is 1. The first-order chi connectivity index (χ1) is 8.24. The molecular weight excluding hydrogens is 284 g/mol. The molecule has 1 aliphatic heterocycles. The van der Waals surface area contributed by atoms with Gasteiger partial charge in [-0.2, -0.15) is 0 Å². The number of hydrogen-bond acceptors (Lipinski definition) is 5. The third-order valence-electron chi connectivity index (χ3n) is 3.16. The van der Waals surface area contributed by atoms with Crippen LogP contribution in [0.4, 0.5) is 11.6 Å². The van der Waals surface area contributed by atoms with E-state index in [-0.39, 0.29) is 12.6 Å². The van der Waals surface area contributed by atoms with E-state index in [1.54, 1.807) is 0 Å². The van der Waals surface area contributed by atoms with E-state index in [9.17, 15) is 5.11 Å².